The Morgan fingerprint density at radius 2 is 2.04 bits per heavy atom. The summed E-state index contributed by atoms with van der Waals surface area (Å²) in [6.07, 6.45) is -4.47. The van der Waals surface area contributed by atoms with Gasteiger partial charge in [-0.3, -0.25) is 9.59 Å². The lowest BCUT2D eigenvalue weighted by Crippen LogP contribution is -2.65. The van der Waals surface area contributed by atoms with Crippen LogP contribution in [0.1, 0.15) is 17.3 Å². The molecule has 1 fully saturated rings. The number of nitrogens with one attached hydrogen (secondary N) is 1. The molecular weight excluding hydrogens is 334 g/mol. The number of rotatable bonds is 6. The van der Waals surface area contributed by atoms with E-state index >= 15 is 0 Å². The molecule has 1 heterocycles. The predicted octanol–water partition coefficient (Wildman–Crippen LogP) is -1.17. The third kappa shape index (κ3) is 4.26. The zero-order valence-electron chi connectivity index (χ0n) is 13.8. The van der Waals surface area contributed by atoms with Crippen molar-refractivity contribution in [1.29, 1.82) is 0 Å². The predicted molar refractivity (Wildman–Crippen MR) is 84.4 cm³/mol. The molecule has 1 aromatic rings. The van der Waals surface area contributed by atoms with Crippen molar-refractivity contribution >= 4 is 12.2 Å². The second kappa shape index (κ2) is 8.26. The number of hydrogen-bond acceptors (Lipinski definition) is 8. The Hall–Kier alpha value is -2.20. The Balaban J connectivity index is 2.29. The highest BCUT2D eigenvalue weighted by atomic mass is 16.7. The van der Waals surface area contributed by atoms with Gasteiger partial charge >= 0.3 is 0 Å². The first kappa shape index (κ1) is 19.1. The SMILES string of the molecule is COc1cc(C=O)ccc1OC1OC(CO)C(O)C(O)C1NC(C)=O. The van der Waals surface area contributed by atoms with E-state index in [1.807, 2.05) is 0 Å². The Labute approximate surface area is 144 Å². The first-order valence-electron chi connectivity index (χ1n) is 7.60. The van der Waals surface area contributed by atoms with E-state index in [0.717, 1.165) is 0 Å². The molecule has 25 heavy (non-hydrogen) atoms. The summed E-state index contributed by atoms with van der Waals surface area (Å²) in [5.74, 6) is -0.0103. The van der Waals surface area contributed by atoms with Crippen LogP contribution >= 0.6 is 0 Å². The van der Waals surface area contributed by atoms with Crippen LogP contribution in [0.15, 0.2) is 18.2 Å². The molecule has 9 heteroatoms. The molecule has 0 bridgehead atoms. The molecule has 0 radical (unpaired) electrons. The molecule has 0 aromatic heterocycles. The number of aliphatic hydroxyl groups excluding tert-OH is 3. The summed E-state index contributed by atoms with van der Waals surface area (Å²) in [5.41, 5.74) is 0.371. The number of carbonyl (C=O) groups excluding carboxylic acids is 2. The van der Waals surface area contributed by atoms with Gasteiger partial charge in [0, 0.05) is 12.5 Å². The maximum absolute atomic E-state index is 11.4. The average Bonchev–Trinajstić information content (AvgIpc) is 2.61. The summed E-state index contributed by atoms with van der Waals surface area (Å²) in [7, 11) is 1.39. The molecule has 5 unspecified atom stereocenters. The van der Waals surface area contributed by atoms with Gasteiger partial charge in [-0.15, -0.1) is 0 Å². The number of carbonyl (C=O) groups is 2. The molecule has 4 N–H and O–H groups in total. The monoisotopic (exact) mass is 355 g/mol. The third-order valence-electron chi connectivity index (χ3n) is 3.82. The first-order chi connectivity index (χ1) is 11.9. The van der Waals surface area contributed by atoms with Crippen molar-refractivity contribution in [3.05, 3.63) is 23.8 Å². The molecule has 5 atom stereocenters. The average molecular weight is 355 g/mol. The van der Waals surface area contributed by atoms with Crippen molar-refractivity contribution in [3.8, 4) is 11.5 Å². The summed E-state index contributed by atoms with van der Waals surface area (Å²) in [4.78, 5) is 22.2. The van der Waals surface area contributed by atoms with Gasteiger partial charge < -0.3 is 34.8 Å². The van der Waals surface area contributed by atoms with Crippen LogP contribution in [0.2, 0.25) is 0 Å². The minimum absolute atomic E-state index is 0.203. The maximum Gasteiger partial charge on any atom is 0.223 e. The van der Waals surface area contributed by atoms with E-state index in [9.17, 15) is 24.9 Å². The van der Waals surface area contributed by atoms with Gasteiger partial charge in [0.25, 0.3) is 0 Å². The lowest BCUT2D eigenvalue weighted by atomic mass is 9.97. The van der Waals surface area contributed by atoms with Crippen LogP contribution < -0.4 is 14.8 Å². The third-order valence-corrected chi connectivity index (χ3v) is 3.82. The van der Waals surface area contributed by atoms with Gasteiger partial charge in [-0.1, -0.05) is 0 Å². The second-order valence-electron chi connectivity index (χ2n) is 5.58. The van der Waals surface area contributed by atoms with Gasteiger partial charge in [-0.05, 0) is 18.2 Å². The highest BCUT2D eigenvalue weighted by molar-refractivity contribution is 5.76. The highest BCUT2D eigenvalue weighted by Crippen LogP contribution is 2.31. The normalized spacial score (nSPS) is 28.9. The fourth-order valence-corrected chi connectivity index (χ4v) is 2.55. The van der Waals surface area contributed by atoms with E-state index in [1.54, 1.807) is 0 Å². The van der Waals surface area contributed by atoms with Gasteiger partial charge in [0.05, 0.1) is 13.7 Å². The molecule has 9 nitrogen and oxygen atoms in total. The quantitative estimate of drug-likeness (QED) is 0.469. The molecule has 0 spiro atoms. The summed E-state index contributed by atoms with van der Waals surface area (Å²) in [5, 5.41) is 32.0. The first-order valence-corrected chi connectivity index (χ1v) is 7.60. The fourth-order valence-electron chi connectivity index (χ4n) is 2.55. The van der Waals surface area contributed by atoms with Crippen molar-refractivity contribution in [1.82, 2.24) is 5.32 Å². The molecule has 1 aliphatic heterocycles. The van der Waals surface area contributed by atoms with Crippen molar-refractivity contribution in [2.24, 2.45) is 0 Å². The summed E-state index contributed by atoms with van der Waals surface area (Å²) < 4.78 is 16.3. The number of aliphatic hydroxyl groups is 3. The molecule has 0 aliphatic carbocycles. The number of ether oxygens (including phenoxy) is 3. The van der Waals surface area contributed by atoms with Crippen LogP contribution in [0, 0.1) is 0 Å². The smallest absolute Gasteiger partial charge is 0.223 e. The Kier molecular flexibility index (Phi) is 6.32. The summed E-state index contributed by atoms with van der Waals surface area (Å²) >= 11 is 0. The van der Waals surface area contributed by atoms with Crippen molar-refractivity contribution in [3.63, 3.8) is 0 Å². The summed E-state index contributed by atoms with van der Waals surface area (Å²) in [6.45, 7) is 0.694. The van der Waals surface area contributed by atoms with E-state index in [2.05, 4.69) is 5.32 Å². The van der Waals surface area contributed by atoms with Crippen LogP contribution in [0.4, 0.5) is 0 Å². The van der Waals surface area contributed by atoms with E-state index < -0.39 is 43.2 Å². The number of methoxy groups -OCH3 is 1. The van der Waals surface area contributed by atoms with Crippen molar-refractivity contribution < 1.29 is 39.1 Å². The zero-order chi connectivity index (χ0) is 18.6. The van der Waals surface area contributed by atoms with Crippen LogP contribution in [0.25, 0.3) is 0 Å². The molecular formula is C16H21NO8. The van der Waals surface area contributed by atoms with Crippen molar-refractivity contribution in [2.75, 3.05) is 13.7 Å². The summed E-state index contributed by atoms with van der Waals surface area (Å²) in [6, 6.07) is 3.34. The van der Waals surface area contributed by atoms with Crippen LogP contribution in [-0.4, -0.2) is 71.9 Å². The van der Waals surface area contributed by atoms with Gasteiger partial charge in [-0.25, -0.2) is 0 Å². The number of amides is 1. The molecule has 138 valence electrons. The second-order valence-corrected chi connectivity index (χ2v) is 5.58. The minimum Gasteiger partial charge on any atom is -0.493 e. The Bertz CT molecular complexity index is 622. The molecule has 1 amide bonds. The molecule has 0 saturated carbocycles. The molecule has 1 saturated heterocycles. The molecule has 2 rings (SSSR count). The number of aldehydes is 1. The Morgan fingerprint density at radius 1 is 1.32 bits per heavy atom. The minimum atomic E-state index is -1.42. The Morgan fingerprint density at radius 3 is 2.60 bits per heavy atom. The number of benzene rings is 1. The van der Waals surface area contributed by atoms with E-state index in [1.165, 1.54) is 32.2 Å². The van der Waals surface area contributed by atoms with Crippen LogP contribution in [-0.2, 0) is 9.53 Å². The number of hydrogen-bond donors (Lipinski definition) is 4. The lowest BCUT2D eigenvalue weighted by molar-refractivity contribution is -0.244. The standard InChI is InChI=1S/C16H21NO8/c1-8(20)17-13-15(22)14(21)12(7-19)25-16(13)24-10-4-3-9(6-18)5-11(10)23-2/h3-6,12-16,19,21-22H,7H2,1-2H3,(H,17,20). The van der Waals surface area contributed by atoms with Crippen LogP contribution in [0.3, 0.4) is 0 Å². The van der Waals surface area contributed by atoms with Gasteiger partial charge in [-0.2, -0.15) is 0 Å². The van der Waals surface area contributed by atoms with Gasteiger partial charge in [0.1, 0.15) is 30.6 Å². The van der Waals surface area contributed by atoms with E-state index in [-0.39, 0.29) is 11.5 Å². The van der Waals surface area contributed by atoms with E-state index in [0.29, 0.717) is 11.8 Å². The maximum atomic E-state index is 11.4. The molecule has 1 aromatic carbocycles. The lowest BCUT2D eigenvalue weighted by Gasteiger charge is -2.42. The topological polar surface area (TPSA) is 135 Å². The van der Waals surface area contributed by atoms with Crippen molar-refractivity contribution in [2.45, 2.75) is 37.6 Å². The van der Waals surface area contributed by atoms with Crippen LogP contribution in [0.5, 0.6) is 11.5 Å². The molecule has 1 aliphatic rings. The highest BCUT2D eigenvalue weighted by Gasteiger charge is 2.46. The van der Waals surface area contributed by atoms with E-state index in [4.69, 9.17) is 14.2 Å². The van der Waals surface area contributed by atoms with Gasteiger partial charge in [0.2, 0.25) is 12.2 Å². The zero-order valence-corrected chi connectivity index (χ0v) is 13.8. The van der Waals surface area contributed by atoms with Gasteiger partial charge in [0.15, 0.2) is 11.5 Å². The fraction of sp³-hybridized carbons (Fsp3) is 0.500. The largest absolute Gasteiger partial charge is 0.493 e.